The number of aryl methyl sites for hydroxylation is 1. The SMILES string of the molecule is Cc1cc(/C=C2\C(=O)NC(=O)N(c3cccnc3)C2=O)c(C)n1-c1ccc(OCc2ccccc2C#N)cc1. The van der Waals surface area contributed by atoms with E-state index in [-0.39, 0.29) is 17.9 Å². The van der Waals surface area contributed by atoms with Crippen molar-refractivity contribution in [1.82, 2.24) is 14.9 Å². The van der Waals surface area contributed by atoms with Gasteiger partial charge >= 0.3 is 6.03 Å². The fraction of sp³-hybridized carbons (Fsp3) is 0.100. The molecule has 1 aliphatic heterocycles. The highest BCUT2D eigenvalue weighted by Crippen LogP contribution is 2.27. The van der Waals surface area contributed by atoms with Crippen molar-refractivity contribution in [2.45, 2.75) is 20.5 Å². The summed E-state index contributed by atoms with van der Waals surface area (Å²) in [4.78, 5) is 43.0. The molecule has 1 N–H and O–H groups in total. The smallest absolute Gasteiger partial charge is 0.336 e. The van der Waals surface area contributed by atoms with Gasteiger partial charge in [-0.25, -0.2) is 9.69 Å². The first-order chi connectivity index (χ1) is 18.9. The lowest BCUT2D eigenvalue weighted by molar-refractivity contribution is -0.122. The molecule has 4 aromatic rings. The molecule has 2 aromatic heterocycles. The molecular formula is C30H23N5O4. The zero-order valence-electron chi connectivity index (χ0n) is 21.2. The molecule has 3 heterocycles. The fourth-order valence-corrected chi connectivity index (χ4v) is 4.47. The first-order valence-electron chi connectivity index (χ1n) is 12.1. The summed E-state index contributed by atoms with van der Waals surface area (Å²) < 4.78 is 7.88. The van der Waals surface area contributed by atoms with Gasteiger partial charge in [-0.15, -0.1) is 0 Å². The van der Waals surface area contributed by atoms with E-state index in [1.54, 1.807) is 18.2 Å². The van der Waals surface area contributed by atoms with Gasteiger partial charge in [-0.05, 0) is 74.0 Å². The number of carbonyl (C=O) groups is 3. The van der Waals surface area contributed by atoms with E-state index in [4.69, 9.17) is 4.74 Å². The van der Waals surface area contributed by atoms with Crippen molar-refractivity contribution in [3.63, 3.8) is 0 Å². The Morgan fingerprint density at radius 2 is 1.77 bits per heavy atom. The third-order valence-electron chi connectivity index (χ3n) is 6.40. The van der Waals surface area contributed by atoms with Crippen LogP contribution in [0.25, 0.3) is 11.8 Å². The van der Waals surface area contributed by atoms with Crippen LogP contribution in [0.5, 0.6) is 5.75 Å². The predicted molar refractivity (Wildman–Crippen MR) is 144 cm³/mol. The first-order valence-corrected chi connectivity index (χ1v) is 12.1. The quantitative estimate of drug-likeness (QED) is 0.295. The van der Waals surface area contributed by atoms with Crippen molar-refractivity contribution in [1.29, 1.82) is 5.26 Å². The molecule has 0 saturated carbocycles. The number of imide groups is 2. The second-order valence-electron chi connectivity index (χ2n) is 8.88. The largest absolute Gasteiger partial charge is 0.489 e. The molecule has 4 amide bonds. The van der Waals surface area contributed by atoms with Gasteiger partial charge in [-0.3, -0.25) is 19.9 Å². The minimum Gasteiger partial charge on any atom is -0.489 e. The molecule has 0 radical (unpaired) electrons. The number of hydrogen-bond donors (Lipinski definition) is 1. The Morgan fingerprint density at radius 3 is 2.49 bits per heavy atom. The van der Waals surface area contributed by atoms with Crippen molar-refractivity contribution in [3.8, 4) is 17.5 Å². The molecule has 1 fully saturated rings. The Hall–Kier alpha value is -5.49. The van der Waals surface area contributed by atoms with E-state index in [0.717, 1.165) is 27.5 Å². The topological polar surface area (TPSA) is 117 Å². The van der Waals surface area contributed by atoms with Crippen LogP contribution in [0.4, 0.5) is 10.5 Å². The summed E-state index contributed by atoms with van der Waals surface area (Å²) in [5.41, 5.74) is 4.73. The predicted octanol–water partition coefficient (Wildman–Crippen LogP) is 4.61. The van der Waals surface area contributed by atoms with Crippen molar-refractivity contribution >= 4 is 29.6 Å². The Labute approximate surface area is 224 Å². The zero-order valence-corrected chi connectivity index (χ0v) is 21.2. The highest BCUT2D eigenvalue weighted by atomic mass is 16.5. The van der Waals surface area contributed by atoms with E-state index in [2.05, 4.69) is 16.4 Å². The molecule has 0 spiro atoms. The van der Waals surface area contributed by atoms with Crippen LogP contribution in [0, 0.1) is 25.2 Å². The molecule has 0 aliphatic carbocycles. The standard InChI is InChI=1S/C30H23N5O4/c1-19-14-23(15-27-28(36)33-30(38)35(29(27)37)25-8-5-13-32-17-25)20(2)34(19)24-9-11-26(12-10-24)39-18-22-7-4-3-6-21(22)16-31/h3-15,17H,18H2,1-2H3,(H,33,36,38)/b27-15+. The maximum atomic E-state index is 13.2. The maximum absolute atomic E-state index is 13.2. The normalized spacial score (nSPS) is 14.3. The summed E-state index contributed by atoms with van der Waals surface area (Å²) in [6, 6.07) is 21.2. The summed E-state index contributed by atoms with van der Waals surface area (Å²) in [6.07, 6.45) is 4.40. The Bertz CT molecular complexity index is 1660. The molecule has 9 nitrogen and oxygen atoms in total. The van der Waals surface area contributed by atoms with Gasteiger partial charge in [0.25, 0.3) is 11.8 Å². The maximum Gasteiger partial charge on any atom is 0.336 e. The Kier molecular flexibility index (Phi) is 6.76. The van der Waals surface area contributed by atoms with Crippen LogP contribution in [0.1, 0.15) is 28.1 Å². The first kappa shape index (κ1) is 25.2. The molecule has 39 heavy (non-hydrogen) atoms. The number of urea groups is 1. The van der Waals surface area contributed by atoms with Gasteiger partial charge in [0.05, 0.1) is 23.5 Å². The second kappa shape index (κ2) is 10.5. The van der Waals surface area contributed by atoms with Gasteiger partial charge in [0.15, 0.2) is 0 Å². The number of nitriles is 1. The van der Waals surface area contributed by atoms with Crippen molar-refractivity contribution in [3.05, 3.63) is 113 Å². The molecule has 5 rings (SSSR count). The number of nitrogens with zero attached hydrogens (tertiary/aromatic N) is 4. The lowest BCUT2D eigenvalue weighted by Crippen LogP contribution is -2.54. The number of pyridine rings is 1. The number of hydrogen-bond acceptors (Lipinski definition) is 6. The van der Waals surface area contributed by atoms with E-state index in [0.29, 0.717) is 16.9 Å². The van der Waals surface area contributed by atoms with E-state index >= 15 is 0 Å². The molecule has 0 bridgehead atoms. The lowest BCUT2D eigenvalue weighted by atomic mass is 10.1. The minimum atomic E-state index is -0.820. The number of anilines is 1. The average molecular weight is 518 g/mol. The van der Waals surface area contributed by atoms with Gasteiger partial charge in [0.2, 0.25) is 0 Å². The monoisotopic (exact) mass is 517 g/mol. The molecule has 0 unspecified atom stereocenters. The van der Waals surface area contributed by atoms with Crippen LogP contribution in [-0.4, -0.2) is 27.4 Å². The Morgan fingerprint density at radius 1 is 1.00 bits per heavy atom. The van der Waals surface area contributed by atoms with E-state index < -0.39 is 17.8 Å². The van der Waals surface area contributed by atoms with Crippen LogP contribution in [0.3, 0.4) is 0 Å². The number of nitrogens with one attached hydrogen (secondary N) is 1. The average Bonchev–Trinajstić information content (AvgIpc) is 3.23. The fourth-order valence-electron chi connectivity index (χ4n) is 4.47. The Balaban J connectivity index is 1.39. The highest BCUT2D eigenvalue weighted by Gasteiger charge is 2.37. The van der Waals surface area contributed by atoms with Crippen molar-refractivity contribution in [2.24, 2.45) is 0 Å². The van der Waals surface area contributed by atoms with E-state index in [9.17, 15) is 19.6 Å². The van der Waals surface area contributed by atoms with Crippen LogP contribution in [-0.2, 0) is 16.2 Å². The number of rotatable bonds is 6. The molecular weight excluding hydrogens is 494 g/mol. The van der Waals surface area contributed by atoms with Gasteiger partial charge in [-0.1, -0.05) is 18.2 Å². The molecule has 1 saturated heterocycles. The number of benzene rings is 2. The number of ether oxygens (including phenoxy) is 1. The van der Waals surface area contributed by atoms with Crippen molar-refractivity contribution < 1.29 is 19.1 Å². The summed E-state index contributed by atoms with van der Waals surface area (Å²) in [6.45, 7) is 4.08. The summed E-state index contributed by atoms with van der Waals surface area (Å²) in [5.74, 6) is -0.823. The second-order valence-corrected chi connectivity index (χ2v) is 8.88. The number of amides is 4. The highest BCUT2D eigenvalue weighted by molar-refractivity contribution is 6.39. The summed E-state index contributed by atoms with van der Waals surface area (Å²) in [5, 5.41) is 11.5. The number of aromatic nitrogens is 2. The third-order valence-corrected chi connectivity index (χ3v) is 6.40. The third kappa shape index (κ3) is 4.91. The zero-order chi connectivity index (χ0) is 27.5. The number of barbiturate groups is 1. The summed E-state index contributed by atoms with van der Waals surface area (Å²) in [7, 11) is 0. The van der Waals surface area contributed by atoms with Gasteiger partial charge in [-0.2, -0.15) is 5.26 Å². The molecule has 1 aliphatic rings. The summed E-state index contributed by atoms with van der Waals surface area (Å²) >= 11 is 0. The van der Waals surface area contributed by atoms with Crippen LogP contribution < -0.4 is 15.0 Å². The van der Waals surface area contributed by atoms with Crippen LogP contribution >= 0.6 is 0 Å². The van der Waals surface area contributed by atoms with E-state index in [1.807, 2.05) is 66.9 Å². The van der Waals surface area contributed by atoms with Gasteiger partial charge in [0.1, 0.15) is 17.9 Å². The minimum absolute atomic E-state index is 0.153. The van der Waals surface area contributed by atoms with Gasteiger partial charge < -0.3 is 9.30 Å². The van der Waals surface area contributed by atoms with Crippen molar-refractivity contribution in [2.75, 3.05) is 4.90 Å². The van der Waals surface area contributed by atoms with Crippen LogP contribution in [0.15, 0.2) is 84.7 Å². The molecule has 0 atom stereocenters. The van der Waals surface area contributed by atoms with E-state index in [1.165, 1.54) is 18.5 Å². The number of carbonyl (C=O) groups excluding carboxylic acids is 3. The van der Waals surface area contributed by atoms with Crippen LogP contribution in [0.2, 0.25) is 0 Å². The molecule has 9 heteroatoms. The molecule has 192 valence electrons. The molecule has 2 aromatic carbocycles. The lowest BCUT2D eigenvalue weighted by Gasteiger charge is -2.26. The van der Waals surface area contributed by atoms with Gasteiger partial charge in [0, 0.05) is 28.8 Å².